The number of amidine groups is 2. The summed E-state index contributed by atoms with van der Waals surface area (Å²) in [5.41, 5.74) is 2.70. The zero-order valence-electron chi connectivity index (χ0n) is 11.8. The number of aliphatic imine (C=N–C) groups is 2. The largest absolute Gasteiger partial charge is 0.367 e. The van der Waals surface area contributed by atoms with E-state index in [2.05, 4.69) is 41.7 Å². The van der Waals surface area contributed by atoms with Crippen molar-refractivity contribution < 1.29 is 4.52 Å². The topological polar surface area (TPSA) is 74.8 Å². The predicted octanol–water partition coefficient (Wildman–Crippen LogP) is 1.80. The second kappa shape index (κ2) is 5.57. The van der Waals surface area contributed by atoms with Gasteiger partial charge >= 0.3 is 0 Å². The Morgan fingerprint density at radius 3 is 2.27 bits per heavy atom. The molecule has 112 valence electrons. The molecule has 0 atom stereocenters. The van der Waals surface area contributed by atoms with Crippen LogP contribution in [-0.2, 0) is 0 Å². The number of benzene rings is 1. The highest BCUT2D eigenvalue weighted by Gasteiger charge is 2.27. The first-order chi connectivity index (χ1) is 10.8. The molecule has 0 saturated heterocycles. The molecule has 1 aromatic heterocycles. The third-order valence-corrected chi connectivity index (χ3v) is 4.14. The summed E-state index contributed by atoms with van der Waals surface area (Å²) >= 11 is 3.47. The van der Waals surface area contributed by atoms with E-state index in [4.69, 9.17) is 4.52 Å². The van der Waals surface area contributed by atoms with Crippen LogP contribution in [0.25, 0.3) is 11.1 Å². The quantitative estimate of drug-likeness (QED) is 0.876. The Labute approximate surface area is 135 Å². The van der Waals surface area contributed by atoms with E-state index in [9.17, 15) is 0 Å². The lowest BCUT2D eigenvalue weighted by Gasteiger charge is -2.06. The molecule has 0 aliphatic carbocycles. The Bertz CT molecular complexity index is 721. The highest BCUT2D eigenvalue weighted by atomic mass is 79.9. The Hall–Kier alpha value is -2.15. The molecule has 22 heavy (non-hydrogen) atoms. The molecule has 0 amide bonds. The molecule has 6 nitrogen and oxygen atoms in total. The third kappa shape index (κ3) is 2.31. The summed E-state index contributed by atoms with van der Waals surface area (Å²) < 4.78 is 6.63. The minimum absolute atomic E-state index is 0.672. The zero-order valence-corrected chi connectivity index (χ0v) is 13.4. The van der Waals surface area contributed by atoms with Crippen molar-refractivity contribution in [1.82, 2.24) is 15.8 Å². The van der Waals surface area contributed by atoms with Crippen LogP contribution >= 0.6 is 15.9 Å². The molecule has 0 fully saturated rings. The second-order valence-corrected chi connectivity index (χ2v) is 5.97. The molecule has 0 bridgehead atoms. The summed E-state index contributed by atoms with van der Waals surface area (Å²) in [6.07, 6.45) is 0. The molecule has 2 aliphatic rings. The molecule has 2 aromatic rings. The number of aromatic nitrogens is 1. The maximum atomic E-state index is 5.60. The van der Waals surface area contributed by atoms with Gasteiger partial charge in [0.1, 0.15) is 0 Å². The third-order valence-electron chi connectivity index (χ3n) is 3.61. The Kier molecular flexibility index (Phi) is 3.42. The summed E-state index contributed by atoms with van der Waals surface area (Å²) in [6, 6.07) is 8.08. The monoisotopic (exact) mass is 359 g/mol. The Balaban J connectivity index is 1.87. The standard InChI is InChI=1S/C15H14BrN5O/c16-10-3-1-9(2-4-10)11-12(14-17-5-6-18-14)21-22-13(11)15-19-7-8-20-15/h1-4H,5-8H2,(H,17,18)(H,19,20). The van der Waals surface area contributed by atoms with Crippen LogP contribution in [-0.4, -0.2) is 43.0 Å². The van der Waals surface area contributed by atoms with E-state index in [0.717, 1.165) is 59.1 Å². The van der Waals surface area contributed by atoms with Crippen LogP contribution in [0.1, 0.15) is 11.5 Å². The van der Waals surface area contributed by atoms with Gasteiger partial charge in [0, 0.05) is 17.6 Å². The predicted molar refractivity (Wildman–Crippen MR) is 88.5 cm³/mol. The lowest BCUT2D eigenvalue weighted by atomic mass is 10.0. The van der Waals surface area contributed by atoms with E-state index in [-0.39, 0.29) is 0 Å². The van der Waals surface area contributed by atoms with Crippen molar-refractivity contribution in [2.45, 2.75) is 0 Å². The fourth-order valence-corrected chi connectivity index (χ4v) is 2.87. The molecule has 2 aliphatic heterocycles. The first kappa shape index (κ1) is 13.5. The van der Waals surface area contributed by atoms with Crippen molar-refractivity contribution in [2.24, 2.45) is 9.98 Å². The highest BCUT2D eigenvalue weighted by Crippen LogP contribution is 2.30. The minimum atomic E-state index is 0.672. The SMILES string of the molecule is Brc1ccc(-c2c(C3=NCCN3)noc2C2=NCCN2)cc1. The van der Waals surface area contributed by atoms with Crippen molar-refractivity contribution in [2.75, 3.05) is 26.2 Å². The van der Waals surface area contributed by atoms with Crippen LogP contribution in [0.3, 0.4) is 0 Å². The van der Waals surface area contributed by atoms with Crippen molar-refractivity contribution in [3.05, 3.63) is 40.2 Å². The normalized spacial score (nSPS) is 17.0. The van der Waals surface area contributed by atoms with Crippen LogP contribution in [0.4, 0.5) is 0 Å². The van der Waals surface area contributed by atoms with Gasteiger partial charge in [0.25, 0.3) is 0 Å². The summed E-state index contributed by atoms with van der Waals surface area (Å²) in [4.78, 5) is 8.91. The van der Waals surface area contributed by atoms with Gasteiger partial charge in [-0.15, -0.1) is 0 Å². The van der Waals surface area contributed by atoms with Gasteiger partial charge in [0.15, 0.2) is 17.4 Å². The molecular formula is C15H14BrN5O. The van der Waals surface area contributed by atoms with E-state index in [1.54, 1.807) is 0 Å². The number of halogens is 1. The van der Waals surface area contributed by atoms with Crippen LogP contribution < -0.4 is 10.6 Å². The average molecular weight is 360 g/mol. The summed E-state index contributed by atoms with van der Waals surface area (Å²) in [5.74, 6) is 2.22. The van der Waals surface area contributed by atoms with Crippen LogP contribution in [0.15, 0.2) is 43.2 Å². The first-order valence-electron chi connectivity index (χ1n) is 7.16. The molecule has 1 aromatic carbocycles. The maximum Gasteiger partial charge on any atom is 0.209 e. The van der Waals surface area contributed by atoms with E-state index >= 15 is 0 Å². The fraction of sp³-hybridized carbons (Fsp3) is 0.267. The van der Waals surface area contributed by atoms with Gasteiger partial charge < -0.3 is 15.2 Å². The second-order valence-electron chi connectivity index (χ2n) is 5.06. The van der Waals surface area contributed by atoms with Crippen LogP contribution in [0.5, 0.6) is 0 Å². The summed E-state index contributed by atoms with van der Waals surface area (Å²) in [5, 5.41) is 10.7. The van der Waals surface area contributed by atoms with Crippen LogP contribution in [0.2, 0.25) is 0 Å². The molecule has 3 heterocycles. The molecular weight excluding hydrogens is 346 g/mol. The van der Waals surface area contributed by atoms with Gasteiger partial charge in [-0.25, -0.2) is 0 Å². The molecule has 0 unspecified atom stereocenters. The first-order valence-corrected chi connectivity index (χ1v) is 7.95. The summed E-state index contributed by atoms with van der Waals surface area (Å²) in [7, 11) is 0. The molecule has 0 spiro atoms. The molecule has 7 heteroatoms. The Morgan fingerprint density at radius 1 is 0.955 bits per heavy atom. The maximum absolute atomic E-state index is 5.60. The fourth-order valence-electron chi connectivity index (χ4n) is 2.60. The van der Waals surface area contributed by atoms with Gasteiger partial charge in [-0.05, 0) is 17.7 Å². The molecule has 0 radical (unpaired) electrons. The van der Waals surface area contributed by atoms with E-state index in [0.29, 0.717) is 5.76 Å². The highest BCUT2D eigenvalue weighted by molar-refractivity contribution is 9.10. The smallest absolute Gasteiger partial charge is 0.209 e. The van der Waals surface area contributed by atoms with Crippen molar-refractivity contribution >= 4 is 27.6 Å². The number of rotatable bonds is 3. The van der Waals surface area contributed by atoms with Crippen LogP contribution in [0, 0.1) is 0 Å². The zero-order chi connectivity index (χ0) is 14.9. The van der Waals surface area contributed by atoms with E-state index in [1.807, 2.05) is 24.3 Å². The number of nitrogens with zero attached hydrogens (tertiary/aromatic N) is 3. The molecule has 0 saturated carbocycles. The van der Waals surface area contributed by atoms with Crippen molar-refractivity contribution in [3.63, 3.8) is 0 Å². The van der Waals surface area contributed by atoms with E-state index in [1.165, 1.54) is 0 Å². The van der Waals surface area contributed by atoms with E-state index < -0.39 is 0 Å². The van der Waals surface area contributed by atoms with Crippen molar-refractivity contribution in [3.8, 4) is 11.1 Å². The Morgan fingerprint density at radius 2 is 1.64 bits per heavy atom. The van der Waals surface area contributed by atoms with Gasteiger partial charge in [-0.3, -0.25) is 9.98 Å². The number of hydrogen-bond donors (Lipinski definition) is 2. The van der Waals surface area contributed by atoms with Crippen molar-refractivity contribution in [1.29, 1.82) is 0 Å². The lowest BCUT2D eigenvalue weighted by Crippen LogP contribution is -2.22. The van der Waals surface area contributed by atoms with Gasteiger partial charge in [-0.1, -0.05) is 33.2 Å². The lowest BCUT2D eigenvalue weighted by molar-refractivity contribution is 0.411. The molecule has 2 N–H and O–H groups in total. The van der Waals surface area contributed by atoms with Gasteiger partial charge in [-0.2, -0.15) is 0 Å². The minimum Gasteiger partial charge on any atom is -0.367 e. The number of hydrogen-bond acceptors (Lipinski definition) is 6. The number of nitrogens with one attached hydrogen (secondary N) is 2. The molecule has 4 rings (SSSR count). The van der Waals surface area contributed by atoms with Gasteiger partial charge in [0.2, 0.25) is 5.76 Å². The summed E-state index contributed by atoms with van der Waals surface area (Å²) in [6.45, 7) is 3.17. The van der Waals surface area contributed by atoms with Gasteiger partial charge in [0.05, 0.1) is 18.7 Å². The average Bonchev–Trinajstić information content (AvgIpc) is 3.27.